The Kier molecular flexibility index (Phi) is 5.27. The number of hydrogen-bond acceptors (Lipinski definition) is 3. The minimum absolute atomic E-state index is 0.0347. The molecule has 1 aliphatic rings. The summed E-state index contributed by atoms with van der Waals surface area (Å²) in [5.41, 5.74) is 3.98. The smallest absolute Gasteiger partial charge is 0.242 e. The molecule has 0 aliphatic carbocycles. The van der Waals surface area contributed by atoms with Crippen LogP contribution in [0.1, 0.15) is 35.7 Å². The maximum Gasteiger partial charge on any atom is 0.242 e. The van der Waals surface area contributed by atoms with Gasteiger partial charge in [0.15, 0.2) is 0 Å². The molecular weight excluding hydrogens is 404 g/mol. The topological polar surface area (TPSA) is 49.6 Å². The molecule has 1 N–H and O–H groups in total. The van der Waals surface area contributed by atoms with Crippen LogP contribution in [0.5, 0.6) is 0 Å². The van der Waals surface area contributed by atoms with Gasteiger partial charge in [-0.25, -0.2) is 4.98 Å². The van der Waals surface area contributed by atoms with E-state index in [4.69, 9.17) is 0 Å². The molecule has 0 spiro atoms. The van der Waals surface area contributed by atoms with Crippen LogP contribution in [0.4, 0.5) is 0 Å². The number of nitrogens with one attached hydrogen (secondary N) is 1. The van der Waals surface area contributed by atoms with Gasteiger partial charge in [-0.15, -0.1) is 0 Å². The van der Waals surface area contributed by atoms with Crippen LogP contribution in [-0.2, 0) is 11.3 Å². The highest BCUT2D eigenvalue weighted by atomic mass is 79.9. The van der Waals surface area contributed by atoms with Gasteiger partial charge < -0.3 is 9.72 Å². The third-order valence-electron chi connectivity index (χ3n) is 5.05. The van der Waals surface area contributed by atoms with Crippen molar-refractivity contribution in [1.82, 2.24) is 19.6 Å². The highest BCUT2D eigenvalue weighted by molar-refractivity contribution is 9.10. The molecule has 1 fully saturated rings. The first-order valence-corrected chi connectivity index (χ1v) is 10.1. The number of carbonyl (C=O) groups excluding carboxylic acids is 1. The number of rotatable bonds is 5. The number of amides is 1. The number of hydrogen-bond donors (Lipinski definition) is 1. The predicted octanol–water partition coefficient (Wildman–Crippen LogP) is 3.86. The van der Waals surface area contributed by atoms with Crippen LogP contribution < -0.4 is 5.32 Å². The third kappa shape index (κ3) is 4.06. The lowest BCUT2D eigenvalue weighted by Crippen LogP contribution is -2.39. The molecule has 1 aromatic carbocycles. The van der Waals surface area contributed by atoms with Gasteiger partial charge in [0.25, 0.3) is 0 Å². The van der Waals surface area contributed by atoms with Crippen LogP contribution in [-0.4, -0.2) is 33.3 Å². The molecule has 27 heavy (non-hydrogen) atoms. The first-order valence-electron chi connectivity index (χ1n) is 9.31. The summed E-state index contributed by atoms with van der Waals surface area (Å²) in [6.45, 7) is 4.40. The van der Waals surface area contributed by atoms with Crippen molar-refractivity contribution in [2.45, 2.75) is 32.4 Å². The second kappa shape index (κ2) is 7.82. The molecule has 0 unspecified atom stereocenters. The van der Waals surface area contributed by atoms with Crippen molar-refractivity contribution >= 4 is 27.5 Å². The minimum atomic E-state index is -0.250. The molecule has 0 saturated carbocycles. The summed E-state index contributed by atoms with van der Waals surface area (Å²) in [6, 6.07) is 11.9. The third-order valence-corrected chi connectivity index (χ3v) is 5.58. The average molecular weight is 427 g/mol. The Bertz CT molecular complexity index is 944. The number of imidazole rings is 1. The quantitative estimate of drug-likeness (QED) is 0.673. The average Bonchev–Trinajstić information content (AvgIpc) is 3.31. The van der Waals surface area contributed by atoms with E-state index in [1.54, 1.807) is 0 Å². The molecule has 1 aliphatic heterocycles. The monoisotopic (exact) mass is 426 g/mol. The van der Waals surface area contributed by atoms with E-state index in [2.05, 4.69) is 38.1 Å². The van der Waals surface area contributed by atoms with Crippen LogP contribution in [0.15, 0.2) is 53.3 Å². The fourth-order valence-electron chi connectivity index (χ4n) is 3.67. The van der Waals surface area contributed by atoms with Gasteiger partial charge in [0.2, 0.25) is 5.91 Å². The van der Waals surface area contributed by atoms with Gasteiger partial charge in [0.05, 0.1) is 12.2 Å². The molecule has 3 heterocycles. The molecule has 0 radical (unpaired) electrons. The van der Waals surface area contributed by atoms with Gasteiger partial charge in [-0.1, -0.05) is 28.1 Å². The van der Waals surface area contributed by atoms with Crippen LogP contribution in [0.2, 0.25) is 0 Å². The number of aryl methyl sites for hydroxylation is 1. The summed E-state index contributed by atoms with van der Waals surface area (Å²) in [5.74, 6) is 0.0347. The standard InChI is InChI=1S/C21H23BrN4O/c1-15-8-11-26-14-18(24-19(26)12-15)13-23-21(27)20(25-9-2-3-10-25)16-4-6-17(22)7-5-16/h4-8,11-12,14,20H,2-3,9-10,13H2,1H3,(H,23,27)/t20-/m0/s1. The summed E-state index contributed by atoms with van der Waals surface area (Å²) < 4.78 is 3.01. The molecule has 2 aromatic heterocycles. The summed E-state index contributed by atoms with van der Waals surface area (Å²) >= 11 is 3.47. The molecule has 6 heteroatoms. The van der Waals surface area contributed by atoms with Crippen molar-refractivity contribution in [3.05, 3.63) is 70.1 Å². The number of fused-ring (bicyclic) bond motifs is 1. The maximum absolute atomic E-state index is 13.1. The molecular formula is C21H23BrN4O. The van der Waals surface area contributed by atoms with Crippen LogP contribution >= 0.6 is 15.9 Å². The Morgan fingerprint density at radius 2 is 1.96 bits per heavy atom. The Labute approximate surface area is 167 Å². The molecule has 3 aromatic rings. The lowest BCUT2D eigenvalue weighted by Gasteiger charge is -2.27. The zero-order chi connectivity index (χ0) is 18.8. The van der Waals surface area contributed by atoms with E-state index in [-0.39, 0.29) is 11.9 Å². The number of halogens is 1. The molecule has 0 bridgehead atoms. The fraction of sp³-hybridized carbons (Fsp3) is 0.333. The largest absolute Gasteiger partial charge is 0.349 e. The van der Waals surface area contributed by atoms with Crippen molar-refractivity contribution in [3.8, 4) is 0 Å². The predicted molar refractivity (Wildman–Crippen MR) is 109 cm³/mol. The molecule has 1 saturated heterocycles. The maximum atomic E-state index is 13.1. The lowest BCUT2D eigenvalue weighted by atomic mass is 10.0. The molecule has 5 nitrogen and oxygen atoms in total. The zero-order valence-electron chi connectivity index (χ0n) is 15.4. The van der Waals surface area contributed by atoms with Gasteiger partial charge in [-0.2, -0.15) is 0 Å². The SMILES string of the molecule is Cc1ccn2cc(CNC(=O)[C@H](c3ccc(Br)cc3)N3CCCC3)nc2c1. The zero-order valence-corrected chi connectivity index (χ0v) is 16.9. The second-order valence-corrected chi connectivity index (χ2v) is 8.03. The summed E-state index contributed by atoms with van der Waals surface area (Å²) in [4.78, 5) is 19.9. The van der Waals surface area contributed by atoms with Gasteiger partial charge >= 0.3 is 0 Å². The van der Waals surface area contributed by atoms with Crippen molar-refractivity contribution in [2.24, 2.45) is 0 Å². The molecule has 4 rings (SSSR count). The van der Waals surface area contributed by atoms with Crippen LogP contribution in [0, 0.1) is 6.92 Å². The number of likely N-dealkylation sites (tertiary alicyclic amines) is 1. The van der Waals surface area contributed by atoms with Crippen molar-refractivity contribution in [1.29, 1.82) is 0 Å². The van der Waals surface area contributed by atoms with Gasteiger partial charge in [0, 0.05) is 16.9 Å². The van der Waals surface area contributed by atoms with Crippen molar-refractivity contribution in [2.75, 3.05) is 13.1 Å². The molecule has 1 atom stereocenters. The second-order valence-electron chi connectivity index (χ2n) is 7.12. The summed E-state index contributed by atoms with van der Waals surface area (Å²) in [5, 5.41) is 3.10. The van der Waals surface area contributed by atoms with E-state index in [9.17, 15) is 4.79 Å². The van der Waals surface area contributed by atoms with Gasteiger partial charge in [0.1, 0.15) is 11.7 Å². The Morgan fingerprint density at radius 1 is 1.22 bits per heavy atom. The van der Waals surface area contributed by atoms with E-state index in [1.165, 1.54) is 5.56 Å². The minimum Gasteiger partial charge on any atom is -0.349 e. The van der Waals surface area contributed by atoms with Gasteiger partial charge in [-0.3, -0.25) is 9.69 Å². The number of aromatic nitrogens is 2. The van der Waals surface area contributed by atoms with E-state index >= 15 is 0 Å². The fourth-order valence-corrected chi connectivity index (χ4v) is 3.93. The normalized spacial score (nSPS) is 15.9. The van der Waals surface area contributed by atoms with Crippen molar-refractivity contribution in [3.63, 3.8) is 0 Å². The highest BCUT2D eigenvalue weighted by Gasteiger charge is 2.29. The summed E-state index contributed by atoms with van der Waals surface area (Å²) in [6.07, 6.45) is 6.26. The van der Waals surface area contributed by atoms with Crippen LogP contribution in [0.25, 0.3) is 5.65 Å². The number of benzene rings is 1. The van der Waals surface area contributed by atoms with E-state index in [1.807, 2.05) is 53.2 Å². The first kappa shape index (κ1) is 18.2. The first-order chi connectivity index (χ1) is 13.1. The van der Waals surface area contributed by atoms with Crippen molar-refractivity contribution < 1.29 is 4.79 Å². The highest BCUT2D eigenvalue weighted by Crippen LogP contribution is 2.26. The Balaban J connectivity index is 1.51. The number of carbonyl (C=O) groups is 1. The van der Waals surface area contributed by atoms with Crippen LogP contribution in [0.3, 0.4) is 0 Å². The van der Waals surface area contributed by atoms with E-state index in [0.717, 1.165) is 47.3 Å². The molecule has 1 amide bonds. The molecule has 140 valence electrons. The number of nitrogens with zero attached hydrogens (tertiary/aromatic N) is 3. The number of pyridine rings is 1. The Hall–Kier alpha value is -2.18. The summed E-state index contributed by atoms with van der Waals surface area (Å²) in [7, 11) is 0. The van der Waals surface area contributed by atoms with Gasteiger partial charge in [-0.05, 0) is 68.2 Å². The van der Waals surface area contributed by atoms with E-state index < -0.39 is 0 Å². The van der Waals surface area contributed by atoms with E-state index in [0.29, 0.717) is 6.54 Å². The Morgan fingerprint density at radius 3 is 2.70 bits per heavy atom. The lowest BCUT2D eigenvalue weighted by molar-refractivity contribution is -0.126.